The molecular formula is C6H2Br2N2OS. The van der Waals surface area contributed by atoms with Gasteiger partial charge in [0.1, 0.15) is 0 Å². The highest BCUT2D eigenvalue weighted by atomic mass is 79.9. The summed E-state index contributed by atoms with van der Waals surface area (Å²) in [6.45, 7) is 0. The van der Waals surface area contributed by atoms with Crippen molar-refractivity contribution in [1.82, 2.24) is 10.1 Å². The average Bonchev–Trinajstić information content (AvgIpc) is 2.58. The van der Waals surface area contributed by atoms with E-state index in [4.69, 9.17) is 4.52 Å². The van der Waals surface area contributed by atoms with Gasteiger partial charge in [0.05, 0.1) is 8.66 Å². The first-order chi connectivity index (χ1) is 5.75. The lowest BCUT2D eigenvalue weighted by atomic mass is 10.4. The van der Waals surface area contributed by atoms with E-state index in [0.29, 0.717) is 10.6 Å². The van der Waals surface area contributed by atoms with Crippen LogP contribution in [0.4, 0.5) is 0 Å². The molecule has 2 rings (SSSR count). The Hall–Kier alpha value is -0.200. The van der Waals surface area contributed by atoms with Crippen molar-refractivity contribution < 1.29 is 4.52 Å². The van der Waals surface area contributed by atoms with Gasteiger partial charge in [-0.2, -0.15) is 4.98 Å². The molecule has 12 heavy (non-hydrogen) atoms. The summed E-state index contributed by atoms with van der Waals surface area (Å²) in [6, 6.07) is 3.89. The van der Waals surface area contributed by atoms with Crippen LogP contribution in [0.2, 0.25) is 0 Å². The molecule has 0 unspecified atom stereocenters. The van der Waals surface area contributed by atoms with Crippen molar-refractivity contribution in [2.24, 2.45) is 0 Å². The van der Waals surface area contributed by atoms with Gasteiger partial charge in [-0.15, -0.1) is 11.3 Å². The van der Waals surface area contributed by atoms with Crippen LogP contribution in [-0.4, -0.2) is 10.1 Å². The molecule has 62 valence electrons. The molecule has 0 aliphatic rings. The highest BCUT2D eigenvalue weighted by Gasteiger charge is 2.07. The van der Waals surface area contributed by atoms with E-state index in [0.717, 1.165) is 8.66 Å². The van der Waals surface area contributed by atoms with Gasteiger partial charge in [0.2, 0.25) is 5.82 Å². The van der Waals surface area contributed by atoms with Crippen molar-refractivity contribution in [3.05, 3.63) is 20.7 Å². The summed E-state index contributed by atoms with van der Waals surface area (Å²) in [7, 11) is 0. The molecule has 0 spiro atoms. The van der Waals surface area contributed by atoms with Crippen LogP contribution < -0.4 is 0 Å². The standard InChI is InChI=1S/C6H2Br2N2OS/c7-4-2-1-3(12-4)5-9-6(8)11-10-5/h1-2H. The molecular weight excluding hydrogens is 308 g/mol. The summed E-state index contributed by atoms with van der Waals surface area (Å²) in [5.41, 5.74) is 0. The number of rotatable bonds is 1. The van der Waals surface area contributed by atoms with Crippen molar-refractivity contribution >= 4 is 43.2 Å². The second-order valence-corrected chi connectivity index (χ2v) is 5.12. The molecule has 0 fully saturated rings. The third-order valence-corrected chi connectivity index (χ3v) is 3.14. The van der Waals surface area contributed by atoms with Gasteiger partial charge in [-0.1, -0.05) is 5.16 Å². The molecule has 0 saturated heterocycles. The van der Waals surface area contributed by atoms with Crippen molar-refractivity contribution in [3.8, 4) is 10.7 Å². The number of hydrogen-bond acceptors (Lipinski definition) is 4. The molecule has 0 saturated carbocycles. The Kier molecular flexibility index (Phi) is 2.29. The van der Waals surface area contributed by atoms with Gasteiger partial charge in [0, 0.05) is 15.9 Å². The second-order valence-electron chi connectivity index (χ2n) is 1.97. The van der Waals surface area contributed by atoms with E-state index in [1.54, 1.807) is 11.3 Å². The predicted octanol–water partition coefficient (Wildman–Crippen LogP) is 3.32. The molecule has 0 aromatic carbocycles. The van der Waals surface area contributed by atoms with E-state index < -0.39 is 0 Å². The van der Waals surface area contributed by atoms with Crippen LogP contribution in [0.3, 0.4) is 0 Å². The fourth-order valence-electron chi connectivity index (χ4n) is 0.740. The SMILES string of the molecule is Brc1nc(-c2ccc(Br)s2)no1. The van der Waals surface area contributed by atoms with Crippen LogP contribution in [0.25, 0.3) is 10.7 Å². The molecule has 2 heterocycles. The largest absolute Gasteiger partial charge is 0.326 e. The van der Waals surface area contributed by atoms with Crippen molar-refractivity contribution in [1.29, 1.82) is 0 Å². The van der Waals surface area contributed by atoms with Gasteiger partial charge in [0.15, 0.2) is 0 Å². The number of thiophene rings is 1. The van der Waals surface area contributed by atoms with Crippen LogP contribution in [0.15, 0.2) is 25.2 Å². The molecule has 0 atom stereocenters. The summed E-state index contributed by atoms with van der Waals surface area (Å²) in [5.74, 6) is 0.609. The second kappa shape index (κ2) is 3.27. The molecule has 0 bridgehead atoms. The Morgan fingerprint density at radius 1 is 1.33 bits per heavy atom. The van der Waals surface area contributed by atoms with E-state index in [-0.39, 0.29) is 0 Å². The lowest BCUT2D eigenvalue weighted by molar-refractivity contribution is 0.397. The Morgan fingerprint density at radius 2 is 2.17 bits per heavy atom. The molecule has 0 amide bonds. The maximum Gasteiger partial charge on any atom is 0.294 e. The van der Waals surface area contributed by atoms with Crippen LogP contribution in [0.5, 0.6) is 0 Å². The lowest BCUT2D eigenvalue weighted by Crippen LogP contribution is -1.72. The molecule has 0 aliphatic carbocycles. The number of hydrogen-bond donors (Lipinski definition) is 0. The average molecular weight is 310 g/mol. The molecule has 0 aliphatic heterocycles. The first kappa shape index (κ1) is 8.40. The van der Waals surface area contributed by atoms with Crippen LogP contribution in [0.1, 0.15) is 0 Å². The normalized spacial score (nSPS) is 10.5. The summed E-state index contributed by atoms with van der Waals surface area (Å²) in [6.07, 6.45) is 0. The van der Waals surface area contributed by atoms with Gasteiger partial charge in [0.25, 0.3) is 4.80 Å². The molecule has 6 heteroatoms. The summed E-state index contributed by atoms with van der Waals surface area (Å²) < 4.78 is 5.83. The molecule has 2 aromatic rings. The van der Waals surface area contributed by atoms with E-state index in [9.17, 15) is 0 Å². The zero-order valence-corrected chi connectivity index (χ0v) is 9.61. The van der Waals surface area contributed by atoms with Gasteiger partial charge >= 0.3 is 0 Å². The number of aromatic nitrogens is 2. The van der Waals surface area contributed by atoms with Gasteiger partial charge in [-0.25, -0.2) is 0 Å². The van der Waals surface area contributed by atoms with Crippen molar-refractivity contribution in [2.45, 2.75) is 0 Å². The van der Waals surface area contributed by atoms with Gasteiger partial charge < -0.3 is 4.52 Å². The van der Waals surface area contributed by atoms with Crippen molar-refractivity contribution in [2.75, 3.05) is 0 Å². The van der Waals surface area contributed by atoms with Crippen LogP contribution >= 0.6 is 43.2 Å². The Balaban J connectivity index is 2.43. The van der Waals surface area contributed by atoms with Crippen LogP contribution in [-0.2, 0) is 0 Å². The Morgan fingerprint density at radius 3 is 2.67 bits per heavy atom. The first-order valence-corrected chi connectivity index (χ1v) is 5.41. The minimum Gasteiger partial charge on any atom is -0.326 e. The van der Waals surface area contributed by atoms with E-state index in [1.165, 1.54) is 0 Å². The minimum absolute atomic E-state index is 0.405. The zero-order valence-electron chi connectivity index (χ0n) is 5.62. The molecule has 0 N–H and O–H groups in total. The third kappa shape index (κ3) is 1.60. The lowest BCUT2D eigenvalue weighted by Gasteiger charge is -1.81. The molecule has 3 nitrogen and oxygen atoms in total. The fourth-order valence-corrected chi connectivity index (χ4v) is 2.29. The summed E-state index contributed by atoms with van der Waals surface area (Å²) in [5, 5.41) is 3.76. The third-order valence-electron chi connectivity index (χ3n) is 1.19. The maximum absolute atomic E-state index is 4.78. The number of halogens is 2. The monoisotopic (exact) mass is 308 g/mol. The topological polar surface area (TPSA) is 38.9 Å². The highest BCUT2D eigenvalue weighted by molar-refractivity contribution is 9.11. The quantitative estimate of drug-likeness (QED) is 0.811. The first-order valence-electron chi connectivity index (χ1n) is 3.00. The zero-order chi connectivity index (χ0) is 8.55. The van der Waals surface area contributed by atoms with E-state index in [1.807, 2.05) is 12.1 Å². The Labute approximate surface area is 89.0 Å². The fraction of sp³-hybridized carbons (Fsp3) is 0. The minimum atomic E-state index is 0.405. The van der Waals surface area contributed by atoms with Gasteiger partial charge in [-0.3, -0.25) is 0 Å². The summed E-state index contributed by atoms with van der Waals surface area (Å²) >= 11 is 8.01. The molecule has 2 aromatic heterocycles. The molecule has 0 radical (unpaired) electrons. The van der Waals surface area contributed by atoms with Crippen molar-refractivity contribution in [3.63, 3.8) is 0 Å². The smallest absolute Gasteiger partial charge is 0.294 e. The highest BCUT2D eigenvalue weighted by Crippen LogP contribution is 2.29. The van der Waals surface area contributed by atoms with E-state index in [2.05, 4.69) is 42.0 Å². The van der Waals surface area contributed by atoms with Crippen LogP contribution in [0, 0.1) is 0 Å². The van der Waals surface area contributed by atoms with Gasteiger partial charge in [-0.05, 0) is 28.1 Å². The predicted molar refractivity (Wildman–Crippen MR) is 53.0 cm³/mol. The van der Waals surface area contributed by atoms with E-state index >= 15 is 0 Å². The maximum atomic E-state index is 4.78. The Bertz CT molecular complexity index is 359. The summed E-state index contributed by atoms with van der Waals surface area (Å²) in [4.78, 5) is 5.41. The number of nitrogens with zero attached hydrogens (tertiary/aromatic N) is 2.